The zero-order chi connectivity index (χ0) is 14.7. The molecule has 0 aromatic rings. The number of rotatable bonds is 5. The molecule has 1 heterocycles. The van der Waals surface area contributed by atoms with Crippen molar-refractivity contribution in [3.63, 3.8) is 0 Å². The Bertz CT molecular complexity index is 462. The van der Waals surface area contributed by atoms with Gasteiger partial charge in [-0.05, 0) is 19.8 Å². The van der Waals surface area contributed by atoms with Gasteiger partial charge in [0.1, 0.15) is 0 Å². The number of hydrogen-bond acceptors (Lipinski definition) is 4. The van der Waals surface area contributed by atoms with Gasteiger partial charge in [-0.25, -0.2) is 13.2 Å². The summed E-state index contributed by atoms with van der Waals surface area (Å²) in [4.78, 5) is 22.2. The molecule has 0 aliphatic carbocycles. The van der Waals surface area contributed by atoms with E-state index in [0.717, 1.165) is 0 Å². The van der Waals surface area contributed by atoms with E-state index in [2.05, 4.69) is 10.6 Å². The average molecular weight is 292 g/mol. The number of nitrogens with one attached hydrogen (secondary N) is 2. The Morgan fingerprint density at radius 2 is 2.05 bits per heavy atom. The summed E-state index contributed by atoms with van der Waals surface area (Å²) in [6, 6.07) is -0.461. The first-order valence-electron chi connectivity index (χ1n) is 6.13. The number of aliphatic carboxylic acids is 1. The molecule has 7 nitrogen and oxygen atoms in total. The van der Waals surface area contributed by atoms with Crippen molar-refractivity contribution >= 4 is 21.8 Å². The fourth-order valence-electron chi connectivity index (χ4n) is 1.95. The molecule has 8 heteroatoms. The van der Waals surface area contributed by atoms with E-state index in [-0.39, 0.29) is 18.1 Å². The summed E-state index contributed by atoms with van der Waals surface area (Å²) in [6.07, 6.45) is 0.728. The first-order chi connectivity index (χ1) is 8.64. The zero-order valence-corrected chi connectivity index (χ0v) is 11.9. The Morgan fingerprint density at radius 1 is 1.42 bits per heavy atom. The Morgan fingerprint density at radius 3 is 2.53 bits per heavy atom. The van der Waals surface area contributed by atoms with Crippen molar-refractivity contribution in [2.75, 3.05) is 18.1 Å². The Labute approximate surface area is 112 Å². The smallest absolute Gasteiger partial charge is 0.315 e. The summed E-state index contributed by atoms with van der Waals surface area (Å²) in [7, 11) is -3.06. The van der Waals surface area contributed by atoms with Crippen LogP contribution in [0.3, 0.4) is 0 Å². The highest BCUT2D eigenvalue weighted by Gasteiger charge is 2.39. The minimum atomic E-state index is -3.06. The Hall–Kier alpha value is -1.31. The lowest BCUT2D eigenvalue weighted by Gasteiger charge is -2.24. The van der Waals surface area contributed by atoms with E-state index in [9.17, 15) is 18.0 Å². The second kappa shape index (κ2) is 5.77. The van der Waals surface area contributed by atoms with Crippen molar-refractivity contribution in [3.8, 4) is 0 Å². The van der Waals surface area contributed by atoms with Crippen LogP contribution in [0.25, 0.3) is 0 Å². The topological polar surface area (TPSA) is 113 Å². The van der Waals surface area contributed by atoms with Crippen molar-refractivity contribution in [1.82, 2.24) is 10.6 Å². The van der Waals surface area contributed by atoms with Crippen LogP contribution in [0, 0.1) is 5.92 Å². The van der Waals surface area contributed by atoms with Crippen molar-refractivity contribution in [2.24, 2.45) is 5.92 Å². The molecule has 3 N–H and O–H groups in total. The molecule has 0 radical (unpaired) electrons. The van der Waals surface area contributed by atoms with E-state index in [1.807, 2.05) is 0 Å². The maximum atomic E-state index is 11.6. The first-order valence-corrected chi connectivity index (χ1v) is 7.95. The van der Waals surface area contributed by atoms with Crippen LogP contribution in [0.2, 0.25) is 0 Å². The third-order valence-corrected chi connectivity index (χ3v) is 5.11. The molecule has 1 rings (SSSR count). The standard InChI is InChI=1S/C11H20N2O5S/c1-8(9(14)15)3-5-12-10(16)13-11(2)4-6-19(17,18)7-11/h8H,3-7H2,1-2H3,(H,14,15)(H2,12,13,16). The summed E-state index contributed by atoms with van der Waals surface area (Å²) in [5.74, 6) is -1.41. The number of urea groups is 1. The lowest BCUT2D eigenvalue weighted by molar-refractivity contribution is -0.141. The van der Waals surface area contributed by atoms with Gasteiger partial charge in [0, 0.05) is 6.54 Å². The van der Waals surface area contributed by atoms with Gasteiger partial charge in [-0.1, -0.05) is 6.92 Å². The summed E-state index contributed by atoms with van der Waals surface area (Å²) >= 11 is 0. The van der Waals surface area contributed by atoms with Crippen LogP contribution >= 0.6 is 0 Å². The second-order valence-corrected chi connectivity index (χ2v) is 7.50. The quantitative estimate of drug-likeness (QED) is 0.659. The molecule has 19 heavy (non-hydrogen) atoms. The van der Waals surface area contributed by atoms with Gasteiger partial charge in [0.25, 0.3) is 0 Å². The maximum absolute atomic E-state index is 11.6. The SMILES string of the molecule is CC(CCNC(=O)NC1(C)CCS(=O)(=O)C1)C(=O)O. The normalized spacial score (nSPS) is 26.6. The summed E-state index contributed by atoms with van der Waals surface area (Å²) in [5.41, 5.74) is -0.735. The van der Waals surface area contributed by atoms with E-state index in [4.69, 9.17) is 5.11 Å². The highest BCUT2D eigenvalue weighted by atomic mass is 32.2. The molecule has 1 saturated heterocycles. The van der Waals surface area contributed by atoms with Crippen molar-refractivity contribution < 1.29 is 23.1 Å². The summed E-state index contributed by atoms with van der Waals surface area (Å²) in [5, 5.41) is 13.9. The highest BCUT2D eigenvalue weighted by molar-refractivity contribution is 7.91. The van der Waals surface area contributed by atoms with Gasteiger partial charge in [0.15, 0.2) is 9.84 Å². The number of sulfone groups is 1. The molecule has 2 atom stereocenters. The lowest BCUT2D eigenvalue weighted by Crippen LogP contribution is -2.51. The number of carboxylic acids is 1. The molecule has 2 unspecified atom stereocenters. The van der Waals surface area contributed by atoms with Gasteiger partial charge >= 0.3 is 12.0 Å². The first kappa shape index (κ1) is 15.7. The van der Waals surface area contributed by atoms with Crippen molar-refractivity contribution in [2.45, 2.75) is 32.2 Å². The van der Waals surface area contributed by atoms with Crippen molar-refractivity contribution in [1.29, 1.82) is 0 Å². The van der Waals surface area contributed by atoms with E-state index >= 15 is 0 Å². The van der Waals surface area contributed by atoms with Crippen LogP contribution in [0.15, 0.2) is 0 Å². The van der Waals surface area contributed by atoms with Gasteiger partial charge in [0.05, 0.1) is 23.0 Å². The minimum absolute atomic E-state index is 0.0566. The zero-order valence-electron chi connectivity index (χ0n) is 11.1. The fourth-order valence-corrected chi connectivity index (χ4v) is 4.05. The van der Waals surface area contributed by atoms with Gasteiger partial charge in [-0.15, -0.1) is 0 Å². The number of hydrogen-bond donors (Lipinski definition) is 3. The molecule has 2 amide bonds. The molecule has 110 valence electrons. The second-order valence-electron chi connectivity index (χ2n) is 5.31. The van der Waals surface area contributed by atoms with Crippen LogP contribution in [0.5, 0.6) is 0 Å². The monoisotopic (exact) mass is 292 g/mol. The molecule has 0 aromatic carbocycles. The van der Waals surface area contributed by atoms with Crippen molar-refractivity contribution in [3.05, 3.63) is 0 Å². The minimum Gasteiger partial charge on any atom is -0.481 e. The van der Waals surface area contributed by atoms with Crippen LogP contribution in [-0.2, 0) is 14.6 Å². The van der Waals surface area contributed by atoms with E-state index in [0.29, 0.717) is 12.8 Å². The van der Waals surface area contributed by atoms with E-state index in [1.54, 1.807) is 13.8 Å². The van der Waals surface area contributed by atoms with Gasteiger partial charge in [-0.3, -0.25) is 4.79 Å². The lowest BCUT2D eigenvalue weighted by atomic mass is 10.0. The van der Waals surface area contributed by atoms with Gasteiger partial charge < -0.3 is 15.7 Å². The fraction of sp³-hybridized carbons (Fsp3) is 0.818. The predicted octanol–water partition coefficient (Wildman–Crippen LogP) is -0.0264. The van der Waals surface area contributed by atoms with Crippen LogP contribution in [0.4, 0.5) is 4.79 Å². The predicted molar refractivity (Wildman–Crippen MR) is 69.6 cm³/mol. The molecule has 0 spiro atoms. The van der Waals surface area contributed by atoms with Crippen LogP contribution in [-0.4, -0.2) is 49.1 Å². The van der Waals surface area contributed by atoms with Crippen LogP contribution in [0.1, 0.15) is 26.7 Å². The van der Waals surface area contributed by atoms with Gasteiger partial charge in [0.2, 0.25) is 0 Å². The Balaban J connectivity index is 2.34. The molecular weight excluding hydrogens is 272 g/mol. The third kappa shape index (κ3) is 5.06. The number of carbonyl (C=O) groups excluding carboxylic acids is 1. The van der Waals surface area contributed by atoms with E-state index in [1.165, 1.54) is 0 Å². The summed E-state index contributed by atoms with van der Waals surface area (Å²) in [6.45, 7) is 3.49. The average Bonchev–Trinajstić information content (AvgIpc) is 2.52. The summed E-state index contributed by atoms with van der Waals surface area (Å²) < 4.78 is 22.7. The van der Waals surface area contributed by atoms with Gasteiger partial charge in [-0.2, -0.15) is 0 Å². The van der Waals surface area contributed by atoms with E-state index < -0.39 is 33.3 Å². The Kier molecular flexibility index (Phi) is 4.78. The number of carbonyl (C=O) groups is 2. The highest BCUT2D eigenvalue weighted by Crippen LogP contribution is 2.22. The molecule has 0 bridgehead atoms. The number of carboxylic acid groups (broad SMARTS) is 1. The molecule has 1 aliphatic heterocycles. The number of amides is 2. The molecule has 0 saturated carbocycles. The molecule has 1 aliphatic rings. The third-order valence-electron chi connectivity index (χ3n) is 3.20. The maximum Gasteiger partial charge on any atom is 0.315 e. The molecule has 0 aromatic heterocycles. The van der Waals surface area contributed by atoms with Crippen LogP contribution < -0.4 is 10.6 Å². The largest absolute Gasteiger partial charge is 0.481 e. The molecule has 1 fully saturated rings. The molecular formula is C11H20N2O5S.